The van der Waals surface area contributed by atoms with Crippen LogP contribution in [0.3, 0.4) is 0 Å². The van der Waals surface area contributed by atoms with Crippen molar-refractivity contribution in [3.05, 3.63) is 46.3 Å². The standard InChI is InChI=1S/C23H31N3O4S/c1-5-12-24-23(27)20-7-6-13-26(15-20)31(28,29)22-18(4)25-30-21(22)11-10-19-14-16(2)8-9-17(19)3/h8-11,14,20H,5-7,12-13,15H2,1-4H3,(H,24,27)/b11-10+. The van der Waals surface area contributed by atoms with E-state index in [1.165, 1.54) is 4.31 Å². The van der Waals surface area contributed by atoms with Gasteiger partial charge >= 0.3 is 0 Å². The zero-order chi connectivity index (χ0) is 22.6. The monoisotopic (exact) mass is 445 g/mol. The molecule has 1 aromatic heterocycles. The summed E-state index contributed by atoms with van der Waals surface area (Å²) in [6, 6.07) is 6.09. The van der Waals surface area contributed by atoms with Crippen LogP contribution in [0.2, 0.25) is 0 Å². The minimum absolute atomic E-state index is 0.0728. The second-order valence-electron chi connectivity index (χ2n) is 8.15. The van der Waals surface area contributed by atoms with Crippen molar-refractivity contribution in [2.45, 2.75) is 51.9 Å². The highest BCUT2D eigenvalue weighted by molar-refractivity contribution is 7.89. The minimum Gasteiger partial charge on any atom is -0.356 e. The largest absolute Gasteiger partial charge is 0.356 e. The van der Waals surface area contributed by atoms with Gasteiger partial charge in [0.2, 0.25) is 15.9 Å². The molecule has 1 atom stereocenters. The van der Waals surface area contributed by atoms with E-state index in [1.54, 1.807) is 13.0 Å². The van der Waals surface area contributed by atoms with Crippen molar-refractivity contribution in [3.8, 4) is 0 Å². The first kappa shape index (κ1) is 23.2. The van der Waals surface area contributed by atoms with Crippen molar-refractivity contribution in [1.82, 2.24) is 14.8 Å². The minimum atomic E-state index is -3.84. The number of amides is 1. The highest BCUT2D eigenvalue weighted by atomic mass is 32.2. The molecule has 2 heterocycles. The summed E-state index contributed by atoms with van der Waals surface area (Å²) in [4.78, 5) is 12.5. The predicted octanol–water partition coefficient (Wildman–Crippen LogP) is 3.70. The van der Waals surface area contributed by atoms with Crippen LogP contribution in [0.5, 0.6) is 0 Å². The SMILES string of the molecule is CCCNC(=O)C1CCCN(S(=O)(=O)c2c(C)noc2/C=C/c2cc(C)ccc2C)C1. The highest BCUT2D eigenvalue weighted by Gasteiger charge is 2.36. The van der Waals surface area contributed by atoms with Crippen molar-refractivity contribution >= 4 is 28.1 Å². The Morgan fingerprint density at radius 2 is 2.06 bits per heavy atom. The van der Waals surface area contributed by atoms with E-state index in [-0.39, 0.29) is 29.0 Å². The zero-order valence-electron chi connectivity index (χ0n) is 18.6. The second kappa shape index (κ2) is 9.78. The maximum Gasteiger partial charge on any atom is 0.248 e. The number of aromatic nitrogens is 1. The summed E-state index contributed by atoms with van der Waals surface area (Å²) >= 11 is 0. The summed E-state index contributed by atoms with van der Waals surface area (Å²) < 4.78 is 33.7. The van der Waals surface area contributed by atoms with Gasteiger partial charge in [-0.05, 0) is 57.2 Å². The molecule has 8 heteroatoms. The second-order valence-corrected chi connectivity index (χ2v) is 10.0. The van der Waals surface area contributed by atoms with Gasteiger partial charge in [-0.25, -0.2) is 8.42 Å². The lowest BCUT2D eigenvalue weighted by Gasteiger charge is -2.31. The Morgan fingerprint density at radius 1 is 1.29 bits per heavy atom. The maximum absolute atomic E-state index is 13.5. The van der Waals surface area contributed by atoms with Gasteiger partial charge in [-0.15, -0.1) is 0 Å². The van der Waals surface area contributed by atoms with Crippen LogP contribution in [0.4, 0.5) is 0 Å². The normalized spacial score (nSPS) is 17.9. The molecule has 1 saturated heterocycles. The zero-order valence-corrected chi connectivity index (χ0v) is 19.5. The number of benzene rings is 1. The molecule has 0 spiro atoms. The quantitative estimate of drug-likeness (QED) is 0.702. The molecule has 0 radical (unpaired) electrons. The van der Waals surface area contributed by atoms with Crippen LogP contribution in [-0.4, -0.2) is 43.4 Å². The van der Waals surface area contributed by atoms with E-state index < -0.39 is 10.0 Å². The molecule has 31 heavy (non-hydrogen) atoms. The average Bonchev–Trinajstić information content (AvgIpc) is 3.13. The lowest BCUT2D eigenvalue weighted by atomic mass is 9.99. The number of carbonyl (C=O) groups excluding carboxylic acids is 1. The van der Waals surface area contributed by atoms with Crippen molar-refractivity contribution in [2.75, 3.05) is 19.6 Å². The summed E-state index contributed by atoms with van der Waals surface area (Å²) in [6.45, 7) is 8.77. The van der Waals surface area contributed by atoms with Crippen molar-refractivity contribution in [3.63, 3.8) is 0 Å². The van der Waals surface area contributed by atoms with Gasteiger partial charge in [0.1, 0.15) is 5.69 Å². The Bertz CT molecular complexity index is 1070. The van der Waals surface area contributed by atoms with Gasteiger partial charge in [-0.3, -0.25) is 4.79 Å². The summed E-state index contributed by atoms with van der Waals surface area (Å²) in [7, 11) is -3.84. The first-order valence-electron chi connectivity index (χ1n) is 10.7. The van der Waals surface area contributed by atoms with E-state index in [4.69, 9.17) is 4.52 Å². The molecule has 0 saturated carbocycles. The third-order valence-electron chi connectivity index (χ3n) is 5.58. The van der Waals surface area contributed by atoms with Crippen LogP contribution in [0.15, 0.2) is 27.6 Å². The first-order chi connectivity index (χ1) is 14.7. The van der Waals surface area contributed by atoms with Gasteiger partial charge in [0.15, 0.2) is 10.7 Å². The molecule has 1 aromatic carbocycles. The number of piperidine rings is 1. The van der Waals surface area contributed by atoms with Crippen molar-refractivity contribution in [2.24, 2.45) is 5.92 Å². The van der Waals surface area contributed by atoms with Crippen molar-refractivity contribution in [1.29, 1.82) is 0 Å². The van der Waals surface area contributed by atoms with Crippen LogP contribution in [0, 0.1) is 26.7 Å². The molecule has 1 aliphatic heterocycles. The average molecular weight is 446 g/mol. The molecule has 1 unspecified atom stereocenters. The Balaban J connectivity index is 1.86. The van der Waals surface area contributed by atoms with Crippen LogP contribution < -0.4 is 5.32 Å². The number of aryl methyl sites for hydroxylation is 3. The van der Waals surface area contributed by atoms with E-state index in [0.717, 1.165) is 23.1 Å². The van der Waals surface area contributed by atoms with Crippen LogP contribution in [-0.2, 0) is 14.8 Å². The summed E-state index contributed by atoms with van der Waals surface area (Å²) in [5, 5.41) is 6.79. The molecule has 1 fully saturated rings. The lowest BCUT2D eigenvalue weighted by Crippen LogP contribution is -2.45. The molecule has 1 amide bonds. The first-order valence-corrected chi connectivity index (χ1v) is 12.2. The molecular weight excluding hydrogens is 414 g/mol. The Labute approximate surface area is 184 Å². The summed E-state index contributed by atoms with van der Waals surface area (Å²) in [5.41, 5.74) is 3.51. The van der Waals surface area contributed by atoms with E-state index in [0.29, 0.717) is 31.6 Å². The summed E-state index contributed by atoms with van der Waals surface area (Å²) in [6.07, 6.45) is 5.67. The predicted molar refractivity (Wildman–Crippen MR) is 121 cm³/mol. The van der Waals surface area contributed by atoms with E-state index in [1.807, 2.05) is 45.0 Å². The van der Waals surface area contributed by atoms with Gasteiger partial charge in [0.25, 0.3) is 0 Å². The van der Waals surface area contributed by atoms with E-state index >= 15 is 0 Å². The molecule has 168 valence electrons. The van der Waals surface area contributed by atoms with Crippen LogP contribution in [0.1, 0.15) is 54.3 Å². The number of sulfonamides is 1. The smallest absolute Gasteiger partial charge is 0.248 e. The molecule has 0 bridgehead atoms. The lowest BCUT2D eigenvalue weighted by molar-refractivity contribution is -0.126. The number of nitrogens with one attached hydrogen (secondary N) is 1. The number of rotatable bonds is 7. The third-order valence-corrected chi connectivity index (χ3v) is 7.61. The molecule has 3 rings (SSSR count). The molecule has 2 aromatic rings. The van der Waals surface area contributed by atoms with Crippen molar-refractivity contribution < 1.29 is 17.7 Å². The fourth-order valence-electron chi connectivity index (χ4n) is 3.80. The Morgan fingerprint density at radius 3 is 2.81 bits per heavy atom. The highest BCUT2D eigenvalue weighted by Crippen LogP contribution is 2.29. The Kier molecular flexibility index (Phi) is 7.33. The molecular formula is C23H31N3O4S. The van der Waals surface area contributed by atoms with Crippen LogP contribution >= 0.6 is 0 Å². The molecule has 7 nitrogen and oxygen atoms in total. The fourth-order valence-corrected chi connectivity index (χ4v) is 5.57. The van der Waals surface area contributed by atoms with E-state index in [2.05, 4.69) is 10.5 Å². The number of hydrogen-bond acceptors (Lipinski definition) is 5. The number of hydrogen-bond donors (Lipinski definition) is 1. The number of nitrogens with zero attached hydrogens (tertiary/aromatic N) is 2. The molecule has 0 aliphatic carbocycles. The van der Waals surface area contributed by atoms with Gasteiger partial charge in [0.05, 0.1) is 5.92 Å². The maximum atomic E-state index is 13.5. The van der Waals surface area contributed by atoms with Gasteiger partial charge in [-0.2, -0.15) is 4.31 Å². The van der Waals surface area contributed by atoms with E-state index in [9.17, 15) is 13.2 Å². The fraction of sp³-hybridized carbons (Fsp3) is 0.478. The molecule has 1 aliphatic rings. The van der Waals surface area contributed by atoms with Gasteiger partial charge < -0.3 is 9.84 Å². The molecule has 1 N–H and O–H groups in total. The van der Waals surface area contributed by atoms with Crippen LogP contribution in [0.25, 0.3) is 12.2 Å². The van der Waals surface area contributed by atoms with Gasteiger partial charge in [0, 0.05) is 19.6 Å². The van der Waals surface area contributed by atoms with Gasteiger partial charge in [-0.1, -0.05) is 41.9 Å². The topological polar surface area (TPSA) is 92.5 Å². The summed E-state index contributed by atoms with van der Waals surface area (Å²) in [5.74, 6) is -0.223. The Hall–Kier alpha value is -2.45. The number of carbonyl (C=O) groups is 1. The third kappa shape index (κ3) is 5.25.